The van der Waals surface area contributed by atoms with Crippen molar-refractivity contribution in [2.24, 2.45) is 0 Å². The number of rotatable bonds is 36. The summed E-state index contributed by atoms with van der Waals surface area (Å²) in [5.74, 6) is -0.918. The Morgan fingerprint density at radius 1 is 0.467 bits per heavy atom. The van der Waals surface area contributed by atoms with E-state index in [0.29, 0.717) is 12.8 Å². The summed E-state index contributed by atoms with van der Waals surface area (Å²) >= 11 is 0. The Kier molecular flexibility index (Phi) is 30.9. The van der Waals surface area contributed by atoms with Crippen molar-refractivity contribution in [3.63, 3.8) is 0 Å². The third-order valence-electron chi connectivity index (χ3n) is 11.6. The van der Waals surface area contributed by atoms with E-state index < -0.39 is 92.7 Å². The first-order valence-electron chi connectivity index (χ1n) is 23.6. The molecule has 2 aliphatic heterocycles. The highest BCUT2D eigenvalue weighted by atomic mass is 16.7. The van der Waals surface area contributed by atoms with Crippen LogP contribution in [0.3, 0.4) is 0 Å². The fourth-order valence-corrected chi connectivity index (χ4v) is 7.63. The van der Waals surface area contributed by atoms with E-state index in [2.05, 4.69) is 13.8 Å². The van der Waals surface area contributed by atoms with Gasteiger partial charge >= 0.3 is 11.9 Å². The Morgan fingerprint density at radius 3 is 1.30 bits per heavy atom. The lowest BCUT2D eigenvalue weighted by Crippen LogP contribution is -2.61. The van der Waals surface area contributed by atoms with Gasteiger partial charge in [-0.25, -0.2) is 0 Å². The zero-order chi connectivity index (χ0) is 44.0. The molecule has 0 amide bonds. The predicted octanol–water partition coefficient (Wildman–Crippen LogP) is 5.26. The summed E-state index contributed by atoms with van der Waals surface area (Å²) in [7, 11) is 0. The zero-order valence-electron chi connectivity index (χ0n) is 37.0. The number of carbonyl (C=O) groups is 2. The van der Waals surface area contributed by atoms with Gasteiger partial charge < -0.3 is 64.2 Å². The van der Waals surface area contributed by atoms with Gasteiger partial charge in [-0.1, -0.05) is 155 Å². The summed E-state index contributed by atoms with van der Waals surface area (Å²) in [4.78, 5) is 25.6. The van der Waals surface area contributed by atoms with Crippen molar-refractivity contribution in [3.8, 4) is 0 Å². The van der Waals surface area contributed by atoms with Crippen molar-refractivity contribution in [1.82, 2.24) is 0 Å². The van der Waals surface area contributed by atoms with Gasteiger partial charge in [0.15, 0.2) is 18.7 Å². The number of hydrogen-bond donors (Lipinski definition) is 7. The maximum atomic E-state index is 12.9. The van der Waals surface area contributed by atoms with Crippen LogP contribution in [-0.4, -0.2) is 142 Å². The quantitative estimate of drug-likeness (QED) is 0.0315. The average Bonchev–Trinajstić information content (AvgIpc) is 3.24. The summed E-state index contributed by atoms with van der Waals surface area (Å²) < 4.78 is 33.4. The second-order valence-electron chi connectivity index (χ2n) is 17.0. The molecule has 0 aromatic carbocycles. The Labute approximate surface area is 359 Å². The van der Waals surface area contributed by atoms with Crippen LogP contribution in [0.25, 0.3) is 0 Å². The van der Waals surface area contributed by atoms with Crippen molar-refractivity contribution < 1.29 is 73.8 Å². The van der Waals surface area contributed by atoms with Crippen molar-refractivity contribution in [2.75, 3.05) is 26.4 Å². The third-order valence-corrected chi connectivity index (χ3v) is 11.6. The monoisotopic (exact) mass is 865 g/mol. The number of hydrogen-bond acceptors (Lipinski definition) is 15. The summed E-state index contributed by atoms with van der Waals surface area (Å²) in [6, 6.07) is 0. The molecule has 15 heteroatoms. The zero-order valence-corrected chi connectivity index (χ0v) is 37.0. The minimum atomic E-state index is -1.76. The van der Waals surface area contributed by atoms with Crippen molar-refractivity contribution in [2.45, 2.75) is 248 Å². The fraction of sp³-hybridized carbons (Fsp3) is 0.956. The molecule has 2 aliphatic rings. The number of aliphatic hydroxyl groups excluding tert-OH is 7. The van der Waals surface area contributed by atoms with E-state index >= 15 is 0 Å². The molecule has 354 valence electrons. The summed E-state index contributed by atoms with van der Waals surface area (Å²) in [6.07, 6.45) is 11.5. The maximum absolute atomic E-state index is 12.9. The van der Waals surface area contributed by atoms with Crippen LogP contribution in [0.1, 0.15) is 181 Å². The van der Waals surface area contributed by atoms with Gasteiger partial charge in [-0.3, -0.25) is 9.59 Å². The van der Waals surface area contributed by atoms with E-state index in [1.807, 2.05) is 0 Å². The molecular formula is C45H84O15. The normalized spacial score (nSPS) is 27.5. The van der Waals surface area contributed by atoms with Gasteiger partial charge in [-0.05, 0) is 12.8 Å². The smallest absolute Gasteiger partial charge is 0.306 e. The highest BCUT2D eigenvalue weighted by molar-refractivity contribution is 5.70. The molecule has 0 unspecified atom stereocenters. The average molecular weight is 865 g/mol. The molecule has 0 aliphatic carbocycles. The van der Waals surface area contributed by atoms with Gasteiger partial charge in [-0.2, -0.15) is 0 Å². The molecule has 2 heterocycles. The van der Waals surface area contributed by atoms with Crippen LogP contribution in [0.5, 0.6) is 0 Å². The van der Waals surface area contributed by atoms with E-state index in [0.717, 1.165) is 38.5 Å². The van der Waals surface area contributed by atoms with Crippen LogP contribution >= 0.6 is 0 Å². The van der Waals surface area contributed by atoms with Crippen LogP contribution < -0.4 is 0 Å². The second kappa shape index (κ2) is 34.0. The molecule has 11 atom stereocenters. The van der Waals surface area contributed by atoms with Crippen LogP contribution in [0.2, 0.25) is 0 Å². The van der Waals surface area contributed by atoms with Crippen LogP contribution in [-0.2, 0) is 38.0 Å². The largest absolute Gasteiger partial charge is 0.462 e. The molecule has 0 saturated carbocycles. The van der Waals surface area contributed by atoms with E-state index in [1.54, 1.807) is 0 Å². The van der Waals surface area contributed by atoms with Crippen LogP contribution in [0, 0.1) is 0 Å². The van der Waals surface area contributed by atoms with Gasteiger partial charge in [0, 0.05) is 12.8 Å². The van der Waals surface area contributed by atoms with E-state index in [-0.39, 0.29) is 26.1 Å². The molecular weight excluding hydrogens is 780 g/mol. The standard InChI is InChI=1S/C45H84O15/c1-3-5-7-9-11-13-14-15-16-17-18-20-21-23-25-27-36(47)55-30-33(58-37(48)28-26-24-22-19-12-10-8-6-4-2)31-56-44-43(54)41(52)39(50)35(60-44)32-57-45-42(53)40(51)38(49)34(29-46)59-45/h33-35,38-46,49-54H,3-32H2,1-2H3/t33-,34-,35-,38+,39+,40+,41+,42-,43-,44-,45+/m1/s1. The van der Waals surface area contributed by atoms with Gasteiger partial charge in [0.25, 0.3) is 0 Å². The highest BCUT2D eigenvalue weighted by Crippen LogP contribution is 2.26. The summed E-state index contributed by atoms with van der Waals surface area (Å²) in [6.45, 7) is 2.57. The van der Waals surface area contributed by atoms with Gasteiger partial charge in [0.05, 0.1) is 19.8 Å². The van der Waals surface area contributed by atoms with E-state index in [9.17, 15) is 45.3 Å². The molecule has 2 fully saturated rings. The predicted molar refractivity (Wildman–Crippen MR) is 225 cm³/mol. The molecule has 7 N–H and O–H groups in total. The lowest BCUT2D eigenvalue weighted by atomic mass is 9.98. The molecule has 2 saturated heterocycles. The summed E-state index contributed by atoms with van der Waals surface area (Å²) in [5.41, 5.74) is 0. The molecule has 0 aromatic rings. The molecule has 60 heavy (non-hydrogen) atoms. The van der Waals surface area contributed by atoms with Crippen molar-refractivity contribution >= 4 is 11.9 Å². The molecule has 15 nitrogen and oxygen atoms in total. The molecule has 0 aromatic heterocycles. The van der Waals surface area contributed by atoms with Gasteiger partial charge in [0.2, 0.25) is 0 Å². The molecule has 0 bridgehead atoms. The van der Waals surface area contributed by atoms with Gasteiger partial charge in [0.1, 0.15) is 55.4 Å². The Hall–Kier alpha value is -1.50. The first kappa shape index (κ1) is 54.6. The number of esters is 2. The fourth-order valence-electron chi connectivity index (χ4n) is 7.63. The summed E-state index contributed by atoms with van der Waals surface area (Å²) in [5, 5.41) is 71.8. The van der Waals surface area contributed by atoms with Crippen molar-refractivity contribution in [1.29, 1.82) is 0 Å². The first-order valence-corrected chi connectivity index (χ1v) is 23.6. The minimum Gasteiger partial charge on any atom is -0.462 e. The SMILES string of the molecule is CCCCCCCCCCCCCCCCCC(=O)OC[C@H](CO[C@@H]1O[C@H](CO[C@H]2O[C@H](CO)[C@H](O)[C@H](O)[C@H]2O)[C@H](O)[C@H](O)[C@H]1O)OC(=O)CCCCCCCCCCC. The van der Waals surface area contributed by atoms with Crippen molar-refractivity contribution in [3.05, 3.63) is 0 Å². The lowest BCUT2D eigenvalue weighted by Gasteiger charge is -2.42. The topological polar surface area (TPSA) is 231 Å². The van der Waals surface area contributed by atoms with E-state index in [1.165, 1.54) is 103 Å². The third kappa shape index (κ3) is 22.7. The lowest BCUT2D eigenvalue weighted by molar-refractivity contribution is -0.332. The van der Waals surface area contributed by atoms with E-state index in [4.69, 9.17) is 28.4 Å². The molecule has 0 spiro atoms. The highest BCUT2D eigenvalue weighted by Gasteiger charge is 2.47. The number of unbranched alkanes of at least 4 members (excludes halogenated alkanes) is 22. The van der Waals surface area contributed by atoms with Gasteiger partial charge in [-0.15, -0.1) is 0 Å². The Balaban J connectivity index is 1.82. The number of carbonyl (C=O) groups excluding carboxylic acids is 2. The minimum absolute atomic E-state index is 0.171. The maximum Gasteiger partial charge on any atom is 0.306 e. The van der Waals surface area contributed by atoms with Crippen LogP contribution in [0.4, 0.5) is 0 Å². The number of aliphatic hydroxyl groups is 7. The first-order chi connectivity index (χ1) is 29.0. The number of ether oxygens (including phenoxy) is 6. The van der Waals surface area contributed by atoms with Crippen LogP contribution in [0.15, 0.2) is 0 Å². The second-order valence-corrected chi connectivity index (χ2v) is 17.0. The Morgan fingerprint density at radius 2 is 0.850 bits per heavy atom. The molecule has 0 radical (unpaired) electrons. The Bertz CT molecular complexity index is 1070. The molecule has 2 rings (SSSR count).